The highest BCUT2D eigenvalue weighted by atomic mass is 16.5. The fourth-order valence-corrected chi connectivity index (χ4v) is 2.48. The van der Waals surface area contributed by atoms with Crippen LogP contribution in [0.4, 0.5) is 0 Å². The standard InChI is InChI=1S/C14H22O5/c15-11(16)13(4-5-13)3-1-2-9-19-10-8-14(6-7-14)12(17)18/h1-10H2,(H,15,16)(H,17,18). The van der Waals surface area contributed by atoms with Gasteiger partial charge in [-0.2, -0.15) is 0 Å². The minimum Gasteiger partial charge on any atom is -0.481 e. The SMILES string of the molecule is O=C(O)C1(CCCCOCCC2(C(=O)O)CC2)CC1. The predicted molar refractivity (Wildman–Crippen MR) is 67.9 cm³/mol. The Labute approximate surface area is 112 Å². The van der Waals surface area contributed by atoms with E-state index in [1.165, 1.54) is 0 Å². The Morgan fingerprint density at radius 2 is 1.37 bits per heavy atom. The first-order valence-corrected chi connectivity index (χ1v) is 7.05. The lowest BCUT2D eigenvalue weighted by molar-refractivity contribution is -0.144. The molecular weight excluding hydrogens is 248 g/mol. The minimum absolute atomic E-state index is 0.429. The third-order valence-corrected chi connectivity index (χ3v) is 4.53. The molecule has 2 N–H and O–H groups in total. The van der Waals surface area contributed by atoms with Crippen molar-refractivity contribution >= 4 is 11.9 Å². The average Bonchev–Trinajstić information content (AvgIpc) is 3.23. The zero-order valence-electron chi connectivity index (χ0n) is 11.2. The fraction of sp³-hybridized carbons (Fsp3) is 0.857. The summed E-state index contributed by atoms with van der Waals surface area (Å²) in [5.41, 5.74) is -0.928. The van der Waals surface area contributed by atoms with Crippen molar-refractivity contribution in [1.82, 2.24) is 0 Å². The fourth-order valence-electron chi connectivity index (χ4n) is 2.48. The minimum atomic E-state index is -0.701. The molecule has 108 valence electrons. The molecule has 0 saturated heterocycles. The van der Waals surface area contributed by atoms with E-state index < -0.39 is 22.8 Å². The summed E-state index contributed by atoms with van der Waals surface area (Å²) in [6, 6.07) is 0. The predicted octanol–water partition coefficient (Wildman–Crippen LogP) is 2.29. The topological polar surface area (TPSA) is 83.8 Å². The van der Waals surface area contributed by atoms with E-state index in [0.29, 0.717) is 19.6 Å². The molecule has 0 unspecified atom stereocenters. The first-order chi connectivity index (χ1) is 9.01. The lowest BCUT2D eigenvalue weighted by atomic mass is 9.99. The van der Waals surface area contributed by atoms with Gasteiger partial charge >= 0.3 is 11.9 Å². The number of ether oxygens (including phenoxy) is 1. The van der Waals surface area contributed by atoms with Crippen LogP contribution in [0.15, 0.2) is 0 Å². The molecule has 0 heterocycles. The molecule has 2 aliphatic rings. The zero-order valence-corrected chi connectivity index (χ0v) is 11.2. The molecule has 0 spiro atoms. The highest BCUT2D eigenvalue weighted by Gasteiger charge is 2.50. The van der Waals surface area contributed by atoms with E-state index in [1.807, 2.05) is 0 Å². The van der Waals surface area contributed by atoms with Gasteiger partial charge < -0.3 is 14.9 Å². The molecule has 0 aromatic rings. The third kappa shape index (κ3) is 3.47. The van der Waals surface area contributed by atoms with Crippen LogP contribution in [0.3, 0.4) is 0 Å². The first-order valence-electron chi connectivity index (χ1n) is 7.05. The average molecular weight is 270 g/mol. The molecule has 0 aromatic carbocycles. The normalized spacial score (nSPS) is 21.9. The van der Waals surface area contributed by atoms with Crippen molar-refractivity contribution in [2.75, 3.05) is 13.2 Å². The quantitative estimate of drug-likeness (QED) is 0.595. The number of aliphatic carboxylic acids is 2. The molecule has 2 fully saturated rings. The molecule has 2 saturated carbocycles. The molecule has 5 nitrogen and oxygen atoms in total. The van der Waals surface area contributed by atoms with Gasteiger partial charge in [0.05, 0.1) is 10.8 Å². The second kappa shape index (κ2) is 5.49. The lowest BCUT2D eigenvalue weighted by Crippen LogP contribution is -2.17. The summed E-state index contributed by atoms with van der Waals surface area (Å²) in [6.45, 7) is 1.10. The largest absolute Gasteiger partial charge is 0.481 e. The van der Waals surface area contributed by atoms with Crippen LogP contribution in [0.5, 0.6) is 0 Å². The van der Waals surface area contributed by atoms with E-state index in [0.717, 1.165) is 44.9 Å². The molecule has 2 aliphatic carbocycles. The molecule has 0 amide bonds. The second-order valence-electron chi connectivity index (χ2n) is 5.99. The van der Waals surface area contributed by atoms with Crippen LogP contribution < -0.4 is 0 Å². The molecule has 19 heavy (non-hydrogen) atoms. The van der Waals surface area contributed by atoms with Gasteiger partial charge in [-0.05, 0) is 44.9 Å². The molecule has 0 atom stereocenters. The highest BCUT2D eigenvalue weighted by molar-refractivity contribution is 5.78. The Kier molecular flexibility index (Phi) is 4.13. The monoisotopic (exact) mass is 270 g/mol. The van der Waals surface area contributed by atoms with Crippen molar-refractivity contribution in [3.8, 4) is 0 Å². The second-order valence-corrected chi connectivity index (χ2v) is 5.99. The van der Waals surface area contributed by atoms with E-state index in [1.54, 1.807) is 0 Å². The van der Waals surface area contributed by atoms with E-state index in [2.05, 4.69) is 0 Å². The Bertz CT molecular complexity index is 321. The van der Waals surface area contributed by atoms with Crippen LogP contribution >= 0.6 is 0 Å². The van der Waals surface area contributed by atoms with E-state index in [-0.39, 0.29) is 0 Å². The van der Waals surface area contributed by atoms with Gasteiger partial charge in [0, 0.05) is 13.2 Å². The summed E-state index contributed by atoms with van der Waals surface area (Å²) in [6.07, 6.45) is 6.23. The summed E-state index contributed by atoms with van der Waals surface area (Å²) in [5.74, 6) is -1.36. The maximum absolute atomic E-state index is 10.9. The lowest BCUT2D eigenvalue weighted by Gasteiger charge is -2.11. The van der Waals surface area contributed by atoms with Crippen molar-refractivity contribution < 1.29 is 24.5 Å². The van der Waals surface area contributed by atoms with Gasteiger partial charge in [0.25, 0.3) is 0 Å². The van der Waals surface area contributed by atoms with Gasteiger partial charge in [0.2, 0.25) is 0 Å². The van der Waals surface area contributed by atoms with Gasteiger partial charge in [-0.15, -0.1) is 0 Å². The van der Waals surface area contributed by atoms with Crippen LogP contribution in [0.1, 0.15) is 51.4 Å². The van der Waals surface area contributed by atoms with E-state index in [4.69, 9.17) is 14.9 Å². The molecular formula is C14H22O5. The molecule has 0 aliphatic heterocycles. The number of hydrogen-bond donors (Lipinski definition) is 2. The van der Waals surface area contributed by atoms with Crippen LogP contribution in [0.25, 0.3) is 0 Å². The van der Waals surface area contributed by atoms with Crippen molar-refractivity contribution in [1.29, 1.82) is 0 Å². The van der Waals surface area contributed by atoms with Crippen molar-refractivity contribution in [3.05, 3.63) is 0 Å². The summed E-state index contributed by atoms with van der Waals surface area (Å²) >= 11 is 0. The Hall–Kier alpha value is -1.10. The molecule has 2 rings (SSSR count). The molecule has 0 aromatic heterocycles. The Morgan fingerprint density at radius 1 is 0.842 bits per heavy atom. The zero-order chi connectivity index (χ0) is 13.9. The first kappa shape index (κ1) is 14.3. The summed E-state index contributed by atoms with van der Waals surface area (Å²) in [5, 5.41) is 18.0. The van der Waals surface area contributed by atoms with Crippen LogP contribution in [-0.4, -0.2) is 35.4 Å². The maximum Gasteiger partial charge on any atom is 0.309 e. The molecule has 0 bridgehead atoms. The smallest absolute Gasteiger partial charge is 0.309 e. The van der Waals surface area contributed by atoms with Crippen LogP contribution in [0, 0.1) is 10.8 Å². The Morgan fingerprint density at radius 3 is 1.84 bits per heavy atom. The van der Waals surface area contributed by atoms with Gasteiger partial charge in [-0.25, -0.2) is 0 Å². The summed E-state index contributed by atoms with van der Waals surface area (Å²) in [4.78, 5) is 21.9. The third-order valence-electron chi connectivity index (χ3n) is 4.53. The number of carboxylic acid groups (broad SMARTS) is 2. The number of carboxylic acids is 2. The maximum atomic E-state index is 10.9. The van der Waals surface area contributed by atoms with Crippen molar-refractivity contribution in [2.24, 2.45) is 10.8 Å². The molecule has 0 radical (unpaired) electrons. The number of unbranched alkanes of at least 4 members (excludes halogenated alkanes) is 1. The highest BCUT2D eigenvalue weighted by Crippen LogP contribution is 2.50. The van der Waals surface area contributed by atoms with Crippen molar-refractivity contribution in [3.63, 3.8) is 0 Å². The van der Waals surface area contributed by atoms with Gasteiger partial charge in [-0.1, -0.05) is 6.42 Å². The van der Waals surface area contributed by atoms with Gasteiger partial charge in [0.15, 0.2) is 0 Å². The summed E-state index contributed by atoms with van der Waals surface area (Å²) in [7, 11) is 0. The van der Waals surface area contributed by atoms with Crippen molar-refractivity contribution in [2.45, 2.75) is 51.4 Å². The van der Waals surface area contributed by atoms with Crippen LogP contribution in [0.2, 0.25) is 0 Å². The summed E-state index contributed by atoms with van der Waals surface area (Å²) < 4.78 is 5.44. The molecule has 5 heteroatoms. The number of carbonyl (C=O) groups is 2. The van der Waals surface area contributed by atoms with Gasteiger partial charge in [-0.3, -0.25) is 9.59 Å². The van der Waals surface area contributed by atoms with E-state index >= 15 is 0 Å². The van der Waals surface area contributed by atoms with E-state index in [9.17, 15) is 9.59 Å². The van der Waals surface area contributed by atoms with Crippen LogP contribution in [-0.2, 0) is 14.3 Å². The number of rotatable bonds is 10. The van der Waals surface area contributed by atoms with Gasteiger partial charge in [0.1, 0.15) is 0 Å². The Balaban J connectivity index is 1.47. The number of hydrogen-bond acceptors (Lipinski definition) is 3.